The second-order valence-electron chi connectivity index (χ2n) is 3.82. The average Bonchev–Trinajstić information content (AvgIpc) is 2.67. The Labute approximate surface area is 84.2 Å². The van der Waals surface area contributed by atoms with Gasteiger partial charge in [0, 0.05) is 31.7 Å². The molecule has 1 aromatic rings. The molecule has 0 amide bonds. The third-order valence-corrected chi connectivity index (χ3v) is 2.71. The van der Waals surface area contributed by atoms with Crippen LogP contribution in [0.15, 0.2) is 18.6 Å². The van der Waals surface area contributed by atoms with Crippen LogP contribution in [0.2, 0.25) is 0 Å². The minimum absolute atomic E-state index is 0.673. The summed E-state index contributed by atoms with van der Waals surface area (Å²) in [5.74, 6) is 0.673. The molecule has 4 nitrogen and oxygen atoms in total. The summed E-state index contributed by atoms with van der Waals surface area (Å²) in [7, 11) is 0. The predicted molar refractivity (Wildman–Crippen MR) is 54.5 cm³/mol. The fourth-order valence-electron chi connectivity index (χ4n) is 1.89. The summed E-state index contributed by atoms with van der Waals surface area (Å²) in [5, 5.41) is 0. The lowest BCUT2D eigenvalue weighted by molar-refractivity contribution is 0.313. The lowest BCUT2D eigenvalue weighted by Gasteiger charge is -2.14. The minimum atomic E-state index is 0.673. The van der Waals surface area contributed by atoms with Crippen LogP contribution in [0.25, 0.3) is 0 Å². The Hall–Kier alpha value is -1.00. The maximum absolute atomic E-state index is 5.63. The van der Waals surface area contributed by atoms with E-state index in [1.54, 1.807) is 12.4 Å². The van der Waals surface area contributed by atoms with Gasteiger partial charge in [-0.3, -0.25) is 14.9 Å². The molecule has 1 saturated heterocycles. The first-order valence-electron chi connectivity index (χ1n) is 5.06. The molecule has 0 radical (unpaired) electrons. The molecule has 4 heteroatoms. The van der Waals surface area contributed by atoms with Crippen molar-refractivity contribution in [3.8, 4) is 0 Å². The van der Waals surface area contributed by atoms with Gasteiger partial charge >= 0.3 is 0 Å². The van der Waals surface area contributed by atoms with Crippen LogP contribution in [0.3, 0.4) is 0 Å². The lowest BCUT2D eigenvalue weighted by Crippen LogP contribution is -2.23. The van der Waals surface area contributed by atoms with Crippen molar-refractivity contribution in [2.45, 2.75) is 13.0 Å². The third kappa shape index (κ3) is 2.27. The predicted octanol–water partition coefficient (Wildman–Crippen LogP) is 0.257. The Kier molecular flexibility index (Phi) is 3.06. The maximum atomic E-state index is 5.63. The quantitative estimate of drug-likeness (QED) is 0.746. The van der Waals surface area contributed by atoms with Crippen LogP contribution in [0.4, 0.5) is 0 Å². The van der Waals surface area contributed by atoms with Crippen LogP contribution < -0.4 is 5.73 Å². The molecule has 0 aliphatic carbocycles. The Morgan fingerprint density at radius 3 is 3.07 bits per heavy atom. The van der Waals surface area contributed by atoms with Gasteiger partial charge < -0.3 is 5.73 Å². The van der Waals surface area contributed by atoms with Crippen LogP contribution in [-0.2, 0) is 6.54 Å². The SMILES string of the molecule is NC[C@H]1CCN(Cc2cnccn2)C1. The Morgan fingerprint density at radius 1 is 1.50 bits per heavy atom. The van der Waals surface area contributed by atoms with Gasteiger partial charge in [-0.1, -0.05) is 0 Å². The van der Waals surface area contributed by atoms with Crippen LogP contribution >= 0.6 is 0 Å². The van der Waals surface area contributed by atoms with Crippen molar-refractivity contribution in [1.82, 2.24) is 14.9 Å². The molecule has 1 aliphatic heterocycles. The molecule has 2 rings (SSSR count). The van der Waals surface area contributed by atoms with Gasteiger partial charge in [0.25, 0.3) is 0 Å². The van der Waals surface area contributed by atoms with Crippen molar-refractivity contribution in [2.75, 3.05) is 19.6 Å². The first-order chi connectivity index (χ1) is 6.88. The van der Waals surface area contributed by atoms with Crippen molar-refractivity contribution >= 4 is 0 Å². The topological polar surface area (TPSA) is 55.0 Å². The minimum Gasteiger partial charge on any atom is -0.330 e. The average molecular weight is 192 g/mol. The van der Waals surface area contributed by atoms with Crippen molar-refractivity contribution in [1.29, 1.82) is 0 Å². The zero-order chi connectivity index (χ0) is 9.80. The highest BCUT2D eigenvalue weighted by atomic mass is 15.2. The molecule has 0 unspecified atom stereocenters. The van der Waals surface area contributed by atoms with Crippen molar-refractivity contribution in [3.63, 3.8) is 0 Å². The van der Waals surface area contributed by atoms with E-state index in [9.17, 15) is 0 Å². The third-order valence-electron chi connectivity index (χ3n) is 2.71. The van der Waals surface area contributed by atoms with Gasteiger partial charge in [0.15, 0.2) is 0 Å². The van der Waals surface area contributed by atoms with Crippen LogP contribution in [0.5, 0.6) is 0 Å². The molecular formula is C10H16N4. The van der Waals surface area contributed by atoms with E-state index >= 15 is 0 Å². The van der Waals surface area contributed by atoms with Gasteiger partial charge in [0.05, 0.1) is 5.69 Å². The molecule has 14 heavy (non-hydrogen) atoms. The molecule has 0 spiro atoms. The molecule has 1 aliphatic rings. The van der Waals surface area contributed by atoms with Crippen molar-refractivity contribution < 1.29 is 0 Å². The van der Waals surface area contributed by atoms with E-state index in [-0.39, 0.29) is 0 Å². The zero-order valence-corrected chi connectivity index (χ0v) is 8.26. The largest absolute Gasteiger partial charge is 0.330 e. The molecule has 2 N–H and O–H groups in total. The summed E-state index contributed by atoms with van der Waals surface area (Å²) >= 11 is 0. The number of nitrogens with two attached hydrogens (primary N) is 1. The normalized spacial score (nSPS) is 22.8. The summed E-state index contributed by atoms with van der Waals surface area (Å²) < 4.78 is 0. The first-order valence-corrected chi connectivity index (χ1v) is 5.06. The van der Waals surface area contributed by atoms with Gasteiger partial charge in [-0.15, -0.1) is 0 Å². The Morgan fingerprint density at radius 2 is 2.43 bits per heavy atom. The van der Waals surface area contributed by atoms with Gasteiger partial charge in [0.2, 0.25) is 0 Å². The summed E-state index contributed by atoms with van der Waals surface area (Å²) in [4.78, 5) is 10.7. The van der Waals surface area contributed by atoms with Crippen LogP contribution in [0.1, 0.15) is 12.1 Å². The monoisotopic (exact) mass is 192 g/mol. The van der Waals surface area contributed by atoms with E-state index in [4.69, 9.17) is 5.73 Å². The number of hydrogen-bond acceptors (Lipinski definition) is 4. The molecule has 1 aromatic heterocycles. The van der Waals surface area contributed by atoms with E-state index in [2.05, 4.69) is 14.9 Å². The number of aromatic nitrogens is 2. The number of likely N-dealkylation sites (tertiary alicyclic amines) is 1. The van der Waals surface area contributed by atoms with Gasteiger partial charge in [-0.2, -0.15) is 0 Å². The molecular weight excluding hydrogens is 176 g/mol. The second-order valence-corrected chi connectivity index (χ2v) is 3.82. The van der Waals surface area contributed by atoms with Gasteiger partial charge in [-0.25, -0.2) is 0 Å². The van der Waals surface area contributed by atoms with Crippen LogP contribution in [0, 0.1) is 5.92 Å². The van der Waals surface area contributed by atoms with Gasteiger partial charge in [-0.05, 0) is 25.4 Å². The fourth-order valence-corrected chi connectivity index (χ4v) is 1.89. The second kappa shape index (κ2) is 4.48. The lowest BCUT2D eigenvalue weighted by atomic mass is 10.1. The molecule has 0 saturated carbocycles. The molecule has 2 heterocycles. The molecule has 1 fully saturated rings. The summed E-state index contributed by atoms with van der Waals surface area (Å²) in [6, 6.07) is 0. The van der Waals surface area contributed by atoms with Gasteiger partial charge in [0.1, 0.15) is 0 Å². The van der Waals surface area contributed by atoms with Crippen LogP contribution in [-0.4, -0.2) is 34.5 Å². The number of nitrogens with zero attached hydrogens (tertiary/aromatic N) is 3. The summed E-state index contributed by atoms with van der Waals surface area (Å²) in [6.45, 7) is 3.95. The Bertz CT molecular complexity index is 275. The van der Waals surface area contributed by atoms with E-state index in [1.807, 2.05) is 6.20 Å². The van der Waals surface area contributed by atoms with Crippen molar-refractivity contribution in [3.05, 3.63) is 24.3 Å². The number of rotatable bonds is 3. The van der Waals surface area contributed by atoms with Crippen molar-refractivity contribution in [2.24, 2.45) is 11.7 Å². The maximum Gasteiger partial charge on any atom is 0.0726 e. The highest BCUT2D eigenvalue weighted by Crippen LogP contribution is 2.16. The summed E-state index contributed by atoms with van der Waals surface area (Å²) in [6.07, 6.45) is 6.49. The summed E-state index contributed by atoms with van der Waals surface area (Å²) in [5.41, 5.74) is 6.68. The molecule has 1 atom stereocenters. The first kappa shape index (κ1) is 9.55. The number of hydrogen-bond donors (Lipinski definition) is 1. The highest BCUT2D eigenvalue weighted by molar-refractivity contribution is 4.95. The zero-order valence-electron chi connectivity index (χ0n) is 8.26. The molecule has 76 valence electrons. The molecule has 0 bridgehead atoms. The fraction of sp³-hybridized carbons (Fsp3) is 0.600. The van der Waals surface area contributed by atoms with E-state index in [0.29, 0.717) is 5.92 Å². The van der Waals surface area contributed by atoms with E-state index < -0.39 is 0 Å². The highest BCUT2D eigenvalue weighted by Gasteiger charge is 2.21. The van der Waals surface area contributed by atoms with E-state index in [0.717, 1.165) is 31.9 Å². The standard InChI is InChI=1S/C10H16N4/c11-5-9-1-4-14(7-9)8-10-6-12-2-3-13-10/h2-3,6,9H,1,4-5,7-8,11H2/t9-/m1/s1. The smallest absolute Gasteiger partial charge is 0.0726 e. The van der Waals surface area contributed by atoms with E-state index in [1.165, 1.54) is 6.42 Å². The molecule has 0 aromatic carbocycles. The Balaban J connectivity index is 1.88.